The van der Waals surface area contributed by atoms with Gasteiger partial charge in [0.1, 0.15) is 12.2 Å². The number of halogens is 1. The van der Waals surface area contributed by atoms with E-state index >= 15 is 0 Å². The molecule has 2 fully saturated rings. The lowest BCUT2D eigenvalue weighted by Crippen LogP contribution is -2.78. The van der Waals surface area contributed by atoms with E-state index in [4.69, 9.17) is 11.6 Å². The molecule has 2 aliphatic heterocycles. The number of carboxylic acid groups (broad SMARTS) is 1. The second kappa shape index (κ2) is 11.1. The molecule has 0 radical (unpaired) electrons. The quantitative estimate of drug-likeness (QED) is 0.471. The van der Waals surface area contributed by atoms with Gasteiger partial charge in [0.25, 0.3) is 0 Å². The van der Waals surface area contributed by atoms with Crippen LogP contribution in [0.5, 0.6) is 0 Å². The Kier molecular flexibility index (Phi) is 7.59. The van der Waals surface area contributed by atoms with Gasteiger partial charge < -0.3 is 20.2 Å². The van der Waals surface area contributed by atoms with Gasteiger partial charge in [0.15, 0.2) is 0 Å². The molecule has 40 heavy (non-hydrogen) atoms. The Balaban J connectivity index is 1.49. The highest BCUT2D eigenvalue weighted by Crippen LogP contribution is 2.33. The standard InChI is InChI=1S/C28H29ClN6O5/c1-17-26-34(23(36)16-32(2)35(26)28(40)31-14-18-8-10-21(29)11-9-18)22(13-24(37)38)27(39)33(17)15-20-6-3-5-19-7-4-12-30-25(19)20/h3-12,17,22,26H,13-16H2,1-2H3,(H,31,40)(H,37,38)/t17-,22-,26-/m0/s1. The van der Waals surface area contributed by atoms with E-state index in [1.165, 1.54) is 14.9 Å². The summed E-state index contributed by atoms with van der Waals surface area (Å²) >= 11 is 5.97. The van der Waals surface area contributed by atoms with E-state index in [1.54, 1.807) is 49.3 Å². The summed E-state index contributed by atoms with van der Waals surface area (Å²) in [4.78, 5) is 59.8. The number of urea groups is 1. The van der Waals surface area contributed by atoms with E-state index in [9.17, 15) is 24.3 Å². The number of hydrazine groups is 1. The number of likely N-dealkylation sites (N-methyl/N-ethyl adjacent to an activating group) is 1. The SMILES string of the molecule is C[C@H]1[C@H]2N(C(=O)CN(C)N2C(=O)NCc2ccc(Cl)cc2)[C@@H](CC(=O)O)C(=O)N1Cc1cccc2cccnc12. The predicted octanol–water partition coefficient (Wildman–Crippen LogP) is 2.69. The van der Waals surface area contributed by atoms with Gasteiger partial charge in [0.2, 0.25) is 11.8 Å². The lowest BCUT2D eigenvalue weighted by molar-refractivity contribution is -0.197. The molecule has 0 saturated carbocycles. The maximum Gasteiger partial charge on any atom is 0.334 e. The third-order valence-electron chi connectivity index (χ3n) is 7.37. The van der Waals surface area contributed by atoms with E-state index in [1.807, 2.05) is 30.3 Å². The van der Waals surface area contributed by atoms with Crippen molar-refractivity contribution < 1.29 is 24.3 Å². The number of aliphatic carboxylic acids is 1. The Morgan fingerprint density at radius 3 is 2.55 bits per heavy atom. The van der Waals surface area contributed by atoms with E-state index in [0.29, 0.717) is 5.02 Å². The molecule has 0 aliphatic carbocycles. The lowest BCUT2D eigenvalue weighted by atomic mass is 9.97. The van der Waals surface area contributed by atoms with Crippen molar-refractivity contribution in [3.8, 4) is 0 Å². The van der Waals surface area contributed by atoms with Crippen LogP contribution in [0.4, 0.5) is 4.79 Å². The van der Waals surface area contributed by atoms with Gasteiger partial charge in [0, 0.05) is 36.7 Å². The molecule has 208 valence electrons. The molecule has 12 heteroatoms. The molecule has 3 heterocycles. The topological polar surface area (TPSA) is 126 Å². The van der Waals surface area contributed by atoms with Gasteiger partial charge in [-0.1, -0.05) is 48.0 Å². The van der Waals surface area contributed by atoms with Gasteiger partial charge in [-0.05, 0) is 36.2 Å². The number of carboxylic acids is 1. The summed E-state index contributed by atoms with van der Waals surface area (Å²) in [5, 5.41) is 16.9. The molecule has 3 aromatic rings. The molecule has 4 amide bonds. The van der Waals surface area contributed by atoms with Gasteiger partial charge >= 0.3 is 12.0 Å². The molecule has 1 aromatic heterocycles. The Hall–Kier alpha value is -4.22. The van der Waals surface area contributed by atoms with Crippen molar-refractivity contribution in [3.05, 3.63) is 76.9 Å². The summed E-state index contributed by atoms with van der Waals surface area (Å²) in [5.74, 6) is -2.13. The first-order valence-corrected chi connectivity index (χ1v) is 13.2. The number of carbonyl (C=O) groups excluding carboxylic acids is 3. The molecule has 0 bridgehead atoms. The average molecular weight is 565 g/mol. The summed E-state index contributed by atoms with van der Waals surface area (Å²) in [5.41, 5.74) is 2.32. The zero-order chi connectivity index (χ0) is 28.6. The minimum atomic E-state index is -1.27. The second-order valence-electron chi connectivity index (χ2n) is 9.97. The third kappa shape index (κ3) is 5.17. The zero-order valence-electron chi connectivity index (χ0n) is 22.0. The molecule has 5 rings (SSSR count). The number of nitrogens with one attached hydrogen (secondary N) is 1. The largest absolute Gasteiger partial charge is 0.481 e. The van der Waals surface area contributed by atoms with Crippen molar-refractivity contribution in [2.45, 2.75) is 44.7 Å². The molecule has 0 spiro atoms. The van der Waals surface area contributed by atoms with Crippen molar-refractivity contribution in [2.24, 2.45) is 0 Å². The van der Waals surface area contributed by atoms with E-state index in [-0.39, 0.29) is 19.6 Å². The van der Waals surface area contributed by atoms with Gasteiger partial charge in [-0.25, -0.2) is 14.8 Å². The summed E-state index contributed by atoms with van der Waals surface area (Å²) in [6.07, 6.45) is 0.160. The first-order chi connectivity index (χ1) is 19.2. The van der Waals surface area contributed by atoms with Crippen LogP contribution >= 0.6 is 11.6 Å². The predicted molar refractivity (Wildman–Crippen MR) is 147 cm³/mol. The molecule has 3 atom stereocenters. The fourth-order valence-electron chi connectivity index (χ4n) is 5.48. The number of hydrogen-bond acceptors (Lipinski definition) is 6. The Bertz CT molecular complexity index is 1460. The number of nitrogens with zero attached hydrogens (tertiary/aromatic N) is 5. The van der Waals surface area contributed by atoms with E-state index in [2.05, 4.69) is 10.3 Å². The maximum absolute atomic E-state index is 13.8. The first-order valence-electron chi connectivity index (χ1n) is 12.8. The number of para-hydroxylation sites is 1. The third-order valence-corrected chi connectivity index (χ3v) is 7.62. The number of piperazine rings is 1. The summed E-state index contributed by atoms with van der Waals surface area (Å²) in [6, 6.07) is 14.0. The van der Waals surface area contributed by atoms with Crippen molar-refractivity contribution in [1.29, 1.82) is 0 Å². The highest BCUT2D eigenvalue weighted by Gasteiger charge is 2.54. The Morgan fingerprint density at radius 1 is 1.10 bits per heavy atom. The molecular formula is C28H29ClN6O5. The molecule has 2 aliphatic rings. The fourth-order valence-corrected chi connectivity index (χ4v) is 5.60. The molecule has 2 N–H and O–H groups in total. The number of fused-ring (bicyclic) bond motifs is 2. The molecule has 0 unspecified atom stereocenters. The van der Waals surface area contributed by atoms with Crippen LogP contribution in [-0.4, -0.2) is 85.6 Å². The van der Waals surface area contributed by atoms with Crippen LogP contribution in [0.1, 0.15) is 24.5 Å². The van der Waals surface area contributed by atoms with Crippen LogP contribution in [0.25, 0.3) is 10.9 Å². The number of amides is 4. The summed E-state index contributed by atoms with van der Waals surface area (Å²) in [6.45, 7) is 1.91. The average Bonchev–Trinajstić information content (AvgIpc) is 2.92. The molecular weight excluding hydrogens is 536 g/mol. The van der Waals surface area contributed by atoms with Crippen LogP contribution < -0.4 is 5.32 Å². The lowest BCUT2D eigenvalue weighted by Gasteiger charge is -2.57. The van der Waals surface area contributed by atoms with Crippen molar-refractivity contribution in [1.82, 2.24) is 30.1 Å². The highest BCUT2D eigenvalue weighted by molar-refractivity contribution is 6.30. The Labute approximate surface area is 235 Å². The van der Waals surface area contributed by atoms with Gasteiger partial charge in [0.05, 0.1) is 24.5 Å². The van der Waals surface area contributed by atoms with Crippen LogP contribution in [0.15, 0.2) is 60.8 Å². The molecule has 2 aromatic carbocycles. The number of aromatic nitrogens is 1. The number of carbonyl (C=O) groups is 4. The first kappa shape index (κ1) is 27.4. The summed E-state index contributed by atoms with van der Waals surface area (Å²) < 4.78 is 0. The smallest absolute Gasteiger partial charge is 0.334 e. The molecule has 11 nitrogen and oxygen atoms in total. The zero-order valence-corrected chi connectivity index (χ0v) is 22.8. The highest BCUT2D eigenvalue weighted by atomic mass is 35.5. The van der Waals surface area contributed by atoms with Crippen molar-refractivity contribution >= 4 is 46.3 Å². The van der Waals surface area contributed by atoms with Crippen LogP contribution in [0.3, 0.4) is 0 Å². The van der Waals surface area contributed by atoms with Crippen LogP contribution in [0.2, 0.25) is 5.02 Å². The van der Waals surface area contributed by atoms with E-state index < -0.39 is 48.5 Å². The van der Waals surface area contributed by atoms with Crippen LogP contribution in [-0.2, 0) is 27.5 Å². The molecule has 2 saturated heterocycles. The number of rotatable bonds is 6. The van der Waals surface area contributed by atoms with Gasteiger partial charge in [-0.3, -0.25) is 19.4 Å². The van der Waals surface area contributed by atoms with Crippen molar-refractivity contribution in [3.63, 3.8) is 0 Å². The van der Waals surface area contributed by atoms with Crippen molar-refractivity contribution in [2.75, 3.05) is 13.6 Å². The monoisotopic (exact) mass is 564 g/mol. The maximum atomic E-state index is 13.8. The number of pyridine rings is 1. The minimum absolute atomic E-state index is 0.132. The Morgan fingerprint density at radius 2 is 1.82 bits per heavy atom. The normalized spacial score (nSPS) is 21.5. The van der Waals surface area contributed by atoms with Gasteiger partial charge in [-0.2, -0.15) is 0 Å². The van der Waals surface area contributed by atoms with E-state index in [0.717, 1.165) is 22.0 Å². The fraction of sp³-hybridized carbons (Fsp3) is 0.321. The minimum Gasteiger partial charge on any atom is -0.481 e. The number of hydrogen-bond donors (Lipinski definition) is 2. The van der Waals surface area contributed by atoms with Gasteiger partial charge in [-0.15, -0.1) is 0 Å². The van der Waals surface area contributed by atoms with Crippen LogP contribution in [0, 0.1) is 0 Å². The summed E-state index contributed by atoms with van der Waals surface area (Å²) in [7, 11) is 1.62. The number of benzene rings is 2. The second-order valence-corrected chi connectivity index (χ2v) is 10.4.